The van der Waals surface area contributed by atoms with Gasteiger partial charge in [0, 0.05) is 27.6 Å². The monoisotopic (exact) mass is 451 g/mol. The molecule has 5 nitrogen and oxygen atoms in total. The van der Waals surface area contributed by atoms with E-state index in [4.69, 9.17) is 0 Å². The zero-order chi connectivity index (χ0) is 19.8. The molecular formula is C23H22BrN3O2. The first-order valence-corrected chi connectivity index (χ1v) is 11.1. The van der Waals surface area contributed by atoms with Gasteiger partial charge in [0.15, 0.2) is 5.72 Å². The van der Waals surface area contributed by atoms with Crippen LogP contribution in [0.3, 0.4) is 0 Å². The van der Waals surface area contributed by atoms with E-state index in [-0.39, 0.29) is 6.03 Å². The molecule has 6 heteroatoms. The molecule has 2 unspecified atom stereocenters. The third-order valence-corrected chi connectivity index (χ3v) is 7.66. The molecule has 0 radical (unpaired) electrons. The molecule has 2 atom stereocenters. The molecule has 2 fully saturated rings. The van der Waals surface area contributed by atoms with E-state index in [2.05, 4.69) is 39.1 Å². The van der Waals surface area contributed by atoms with E-state index >= 15 is 0 Å². The SMILES string of the molecule is O=C1N(c2ccc(Br)cc2)C2(O)CCCCC23c2[nH]c4ccccc4c2CCN13. The second-order valence-corrected chi connectivity index (χ2v) is 9.32. The summed E-state index contributed by atoms with van der Waals surface area (Å²) in [6, 6.07) is 15.9. The molecule has 2 aliphatic heterocycles. The number of aliphatic hydroxyl groups is 1. The van der Waals surface area contributed by atoms with E-state index in [0.717, 1.165) is 47.1 Å². The van der Waals surface area contributed by atoms with Crippen molar-refractivity contribution in [2.24, 2.45) is 0 Å². The molecule has 1 aliphatic carbocycles. The summed E-state index contributed by atoms with van der Waals surface area (Å²) >= 11 is 3.47. The summed E-state index contributed by atoms with van der Waals surface area (Å²) < 4.78 is 0.953. The number of hydrogen-bond acceptors (Lipinski definition) is 2. The van der Waals surface area contributed by atoms with Crippen LogP contribution in [0.15, 0.2) is 53.0 Å². The van der Waals surface area contributed by atoms with E-state index in [9.17, 15) is 9.90 Å². The quantitative estimate of drug-likeness (QED) is 0.553. The predicted molar refractivity (Wildman–Crippen MR) is 116 cm³/mol. The third-order valence-electron chi connectivity index (χ3n) is 7.13. The Balaban J connectivity index is 1.62. The molecule has 2 N–H and O–H groups in total. The molecule has 0 bridgehead atoms. The molecule has 1 saturated carbocycles. The van der Waals surface area contributed by atoms with E-state index in [0.29, 0.717) is 13.0 Å². The first-order chi connectivity index (χ1) is 14.1. The Hall–Kier alpha value is -2.31. The number of anilines is 1. The van der Waals surface area contributed by atoms with Gasteiger partial charge in [0.25, 0.3) is 0 Å². The van der Waals surface area contributed by atoms with Crippen molar-refractivity contribution in [3.8, 4) is 0 Å². The highest BCUT2D eigenvalue weighted by Gasteiger charge is 2.70. The molecule has 2 amide bonds. The highest BCUT2D eigenvalue weighted by Crippen LogP contribution is 2.58. The van der Waals surface area contributed by atoms with Gasteiger partial charge in [-0.2, -0.15) is 0 Å². The molecule has 3 heterocycles. The third kappa shape index (κ3) is 2.06. The number of aromatic amines is 1. The minimum Gasteiger partial charge on any atom is -0.368 e. The summed E-state index contributed by atoms with van der Waals surface area (Å²) in [6.45, 7) is 0.628. The van der Waals surface area contributed by atoms with Gasteiger partial charge >= 0.3 is 6.03 Å². The van der Waals surface area contributed by atoms with Crippen molar-refractivity contribution in [1.82, 2.24) is 9.88 Å². The van der Waals surface area contributed by atoms with E-state index in [1.807, 2.05) is 35.2 Å². The van der Waals surface area contributed by atoms with Gasteiger partial charge in [-0.1, -0.05) is 40.5 Å². The maximum atomic E-state index is 13.7. The van der Waals surface area contributed by atoms with Gasteiger partial charge in [0.2, 0.25) is 0 Å². The number of H-pyrrole nitrogens is 1. The second kappa shape index (κ2) is 5.86. The number of amides is 2. The number of para-hydroxylation sites is 1. The predicted octanol–water partition coefficient (Wildman–Crippen LogP) is 4.89. The molecule has 1 spiro atoms. The Bertz CT molecular complexity index is 1140. The van der Waals surface area contributed by atoms with Gasteiger partial charge in [-0.25, -0.2) is 4.79 Å². The highest BCUT2D eigenvalue weighted by molar-refractivity contribution is 9.10. The smallest absolute Gasteiger partial charge is 0.327 e. The Morgan fingerprint density at radius 2 is 1.79 bits per heavy atom. The normalized spacial score (nSPS) is 28.4. The average Bonchev–Trinajstić information content (AvgIpc) is 3.20. The second-order valence-electron chi connectivity index (χ2n) is 8.40. The van der Waals surface area contributed by atoms with Crippen LogP contribution in [-0.2, 0) is 12.0 Å². The van der Waals surface area contributed by atoms with Gasteiger partial charge < -0.3 is 15.0 Å². The van der Waals surface area contributed by atoms with Gasteiger partial charge in [-0.05, 0) is 61.6 Å². The Labute approximate surface area is 177 Å². The molecule has 1 saturated heterocycles. The Morgan fingerprint density at radius 3 is 2.62 bits per heavy atom. The number of urea groups is 1. The first kappa shape index (κ1) is 17.5. The van der Waals surface area contributed by atoms with Crippen LogP contribution in [-0.4, -0.2) is 33.3 Å². The fraction of sp³-hybridized carbons (Fsp3) is 0.348. The zero-order valence-corrected chi connectivity index (χ0v) is 17.6. The number of fused-ring (bicyclic) bond motifs is 3. The molecule has 6 rings (SSSR count). The lowest BCUT2D eigenvalue weighted by molar-refractivity contribution is -0.0987. The number of halogens is 1. The van der Waals surface area contributed by atoms with Gasteiger partial charge in [-0.3, -0.25) is 4.90 Å². The lowest BCUT2D eigenvalue weighted by Crippen LogP contribution is -2.63. The Morgan fingerprint density at radius 1 is 1.03 bits per heavy atom. The summed E-state index contributed by atoms with van der Waals surface area (Å²) in [7, 11) is 0. The molecule has 1 aromatic heterocycles. The molecular weight excluding hydrogens is 430 g/mol. The van der Waals surface area contributed by atoms with Crippen molar-refractivity contribution < 1.29 is 9.90 Å². The van der Waals surface area contributed by atoms with Crippen LogP contribution in [0.2, 0.25) is 0 Å². The van der Waals surface area contributed by atoms with Crippen LogP contribution in [0.4, 0.5) is 10.5 Å². The van der Waals surface area contributed by atoms with E-state index in [1.54, 1.807) is 4.90 Å². The van der Waals surface area contributed by atoms with Crippen molar-refractivity contribution in [3.63, 3.8) is 0 Å². The van der Waals surface area contributed by atoms with Crippen LogP contribution >= 0.6 is 15.9 Å². The van der Waals surface area contributed by atoms with Crippen LogP contribution in [0.5, 0.6) is 0 Å². The van der Waals surface area contributed by atoms with Crippen molar-refractivity contribution in [2.45, 2.75) is 43.4 Å². The van der Waals surface area contributed by atoms with Gasteiger partial charge in [0.05, 0.1) is 5.69 Å². The number of carbonyl (C=O) groups excluding carboxylic acids is 1. The standard InChI is InChI=1S/C23H22BrN3O2/c24-15-7-9-16(10-8-15)27-21(28)26-14-11-18-17-5-1-2-6-19(17)25-20(18)22(26)12-3-4-13-23(22,27)29/h1-2,5-10,25,29H,3-4,11-14H2. The summed E-state index contributed by atoms with van der Waals surface area (Å²) in [5, 5.41) is 13.5. The van der Waals surface area contributed by atoms with Crippen molar-refractivity contribution in [2.75, 3.05) is 11.4 Å². The topological polar surface area (TPSA) is 59.6 Å². The van der Waals surface area contributed by atoms with Gasteiger partial charge in [0.1, 0.15) is 5.54 Å². The summed E-state index contributed by atoms with van der Waals surface area (Å²) in [4.78, 5) is 20.9. The minimum absolute atomic E-state index is 0.0963. The maximum Gasteiger partial charge on any atom is 0.327 e. The van der Waals surface area contributed by atoms with Gasteiger partial charge in [-0.15, -0.1) is 0 Å². The number of nitrogens with zero attached hydrogens (tertiary/aromatic N) is 2. The minimum atomic E-state index is -1.27. The zero-order valence-electron chi connectivity index (χ0n) is 16.0. The van der Waals surface area contributed by atoms with Crippen molar-refractivity contribution in [1.29, 1.82) is 0 Å². The molecule has 3 aromatic rings. The van der Waals surface area contributed by atoms with Crippen molar-refractivity contribution in [3.05, 3.63) is 64.3 Å². The highest BCUT2D eigenvalue weighted by atomic mass is 79.9. The number of carbonyl (C=O) groups is 1. The van der Waals surface area contributed by atoms with Crippen LogP contribution < -0.4 is 4.90 Å². The number of hydrogen-bond donors (Lipinski definition) is 2. The number of aromatic nitrogens is 1. The van der Waals surface area contributed by atoms with Crippen LogP contribution in [0.25, 0.3) is 10.9 Å². The molecule has 29 heavy (non-hydrogen) atoms. The fourth-order valence-corrected chi connectivity index (χ4v) is 6.21. The first-order valence-electron chi connectivity index (χ1n) is 10.3. The van der Waals surface area contributed by atoms with E-state index < -0.39 is 11.3 Å². The number of rotatable bonds is 1. The fourth-order valence-electron chi connectivity index (χ4n) is 5.95. The maximum absolute atomic E-state index is 13.7. The Kier molecular flexibility index (Phi) is 3.55. The number of nitrogens with one attached hydrogen (secondary N) is 1. The molecule has 2 aromatic carbocycles. The van der Waals surface area contributed by atoms with E-state index in [1.165, 1.54) is 10.9 Å². The van der Waals surface area contributed by atoms with Crippen LogP contribution in [0, 0.1) is 0 Å². The summed E-state index contributed by atoms with van der Waals surface area (Å²) in [5.74, 6) is 0. The van der Waals surface area contributed by atoms with Crippen LogP contribution in [0.1, 0.15) is 36.9 Å². The summed E-state index contributed by atoms with van der Waals surface area (Å²) in [5.41, 5.74) is 2.10. The molecule has 3 aliphatic rings. The van der Waals surface area contributed by atoms with Crippen molar-refractivity contribution >= 4 is 38.6 Å². The lowest BCUT2D eigenvalue weighted by Gasteiger charge is -2.51. The number of benzene rings is 2. The molecule has 148 valence electrons. The summed E-state index contributed by atoms with van der Waals surface area (Å²) in [6.07, 6.45) is 4.04. The lowest BCUT2D eigenvalue weighted by atomic mass is 9.69. The largest absolute Gasteiger partial charge is 0.368 e. The average molecular weight is 452 g/mol.